The topological polar surface area (TPSA) is 67.2 Å². The molecule has 5 heteroatoms. The van der Waals surface area contributed by atoms with Crippen molar-refractivity contribution in [1.29, 1.82) is 0 Å². The number of carbonyl (C=O) groups excluding carboxylic acids is 1. The van der Waals surface area contributed by atoms with Crippen molar-refractivity contribution in [2.45, 2.75) is 26.8 Å². The summed E-state index contributed by atoms with van der Waals surface area (Å²) in [7, 11) is 1.81. The number of aromatic nitrogens is 1. The molecule has 2 N–H and O–H groups in total. The Kier molecular flexibility index (Phi) is 4.08. The molecule has 2 aromatic rings. The molecule has 1 amide bonds. The van der Waals surface area contributed by atoms with E-state index in [0.717, 1.165) is 22.8 Å². The summed E-state index contributed by atoms with van der Waals surface area (Å²) in [5.74, 6) is 1.47. The SMILES string of the molecule is CNc1ccc(C(=O)NC(C)c2cc(C)oc2C)nc1. The molecule has 0 saturated heterocycles. The number of anilines is 1. The Morgan fingerprint density at radius 3 is 2.60 bits per heavy atom. The summed E-state index contributed by atoms with van der Waals surface area (Å²) in [4.78, 5) is 16.2. The molecule has 20 heavy (non-hydrogen) atoms. The van der Waals surface area contributed by atoms with Crippen LogP contribution in [0.2, 0.25) is 0 Å². The highest BCUT2D eigenvalue weighted by Crippen LogP contribution is 2.21. The zero-order chi connectivity index (χ0) is 14.7. The molecular formula is C15H19N3O2. The second kappa shape index (κ2) is 5.77. The van der Waals surface area contributed by atoms with Crippen molar-refractivity contribution in [2.24, 2.45) is 0 Å². The van der Waals surface area contributed by atoms with Gasteiger partial charge in [0, 0.05) is 12.6 Å². The van der Waals surface area contributed by atoms with Gasteiger partial charge in [0.25, 0.3) is 5.91 Å². The van der Waals surface area contributed by atoms with E-state index in [1.54, 1.807) is 12.3 Å². The Balaban J connectivity index is 2.08. The predicted molar refractivity (Wildman–Crippen MR) is 77.8 cm³/mol. The molecule has 1 atom stereocenters. The van der Waals surface area contributed by atoms with Gasteiger partial charge in [-0.2, -0.15) is 0 Å². The number of hydrogen-bond donors (Lipinski definition) is 2. The molecule has 0 aliphatic carbocycles. The molecule has 0 spiro atoms. The van der Waals surface area contributed by atoms with E-state index in [0.29, 0.717) is 5.69 Å². The van der Waals surface area contributed by atoms with Crippen LogP contribution in [-0.4, -0.2) is 17.9 Å². The summed E-state index contributed by atoms with van der Waals surface area (Å²) < 4.78 is 5.48. The lowest BCUT2D eigenvalue weighted by Crippen LogP contribution is -2.27. The highest BCUT2D eigenvalue weighted by Gasteiger charge is 2.16. The lowest BCUT2D eigenvalue weighted by Gasteiger charge is -2.13. The summed E-state index contributed by atoms with van der Waals surface area (Å²) >= 11 is 0. The molecule has 0 aliphatic heterocycles. The number of pyridine rings is 1. The Morgan fingerprint density at radius 2 is 2.10 bits per heavy atom. The Bertz CT molecular complexity index is 602. The molecule has 106 valence electrons. The maximum absolute atomic E-state index is 12.1. The van der Waals surface area contributed by atoms with Gasteiger partial charge in [-0.05, 0) is 39.0 Å². The highest BCUT2D eigenvalue weighted by atomic mass is 16.3. The number of furan rings is 1. The van der Waals surface area contributed by atoms with Gasteiger partial charge in [-0.1, -0.05) is 0 Å². The van der Waals surface area contributed by atoms with Crippen LogP contribution < -0.4 is 10.6 Å². The number of hydrogen-bond acceptors (Lipinski definition) is 4. The average molecular weight is 273 g/mol. The standard InChI is InChI=1S/C15H19N3O2/c1-9-7-13(11(3)20-9)10(2)18-15(19)14-6-5-12(16-4)8-17-14/h5-8,10,16H,1-4H3,(H,18,19). The maximum Gasteiger partial charge on any atom is 0.270 e. The highest BCUT2D eigenvalue weighted by molar-refractivity contribution is 5.92. The lowest BCUT2D eigenvalue weighted by molar-refractivity contribution is 0.0934. The number of rotatable bonds is 4. The van der Waals surface area contributed by atoms with Crippen molar-refractivity contribution in [3.05, 3.63) is 47.2 Å². The van der Waals surface area contributed by atoms with Gasteiger partial charge in [-0.25, -0.2) is 4.98 Å². The summed E-state index contributed by atoms with van der Waals surface area (Å²) in [5, 5.41) is 5.89. The van der Waals surface area contributed by atoms with Gasteiger partial charge < -0.3 is 15.1 Å². The first-order chi connectivity index (χ1) is 9.51. The molecule has 2 aromatic heterocycles. The second-order valence-electron chi connectivity index (χ2n) is 4.75. The van der Waals surface area contributed by atoms with Crippen LogP contribution in [-0.2, 0) is 0 Å². The van der Waals surface area contributed by atoms with Crippen molar-refractivity contribution < 1.29 is 9.21 Å². The Labute approximate surface area is 118 Å². The van der Waals surface area contributed by atoms with Gasteiger partial charge in [0.2, 0.25) is 0 Å². The minimum absolute atomic E-state index is 0.120. The number of amides is 1. The van der Waals surface area contributed by atoms with Crippen molar-refractivity contribution in [3.8, 4) is 0 Å². The molecule has 0 radical (unpaired) electrons. The number of aryl methyl sites for hydroxylation is 2. The zero-order valence-electron chi connectivity index (χ0n) is 12.2. The molecule has 0 aromatic carbocycles. The summed E-state index contributed by atoms with van der Waals surface area (Å²) in [6, 6.07) is 5.34. The normalized spacial score (nSPS) is 12.0. The van der Waals surface area contributed by atoms with Crippen LogP contribution in [0.25, 0.3) is 0 Å². The van der Waals surface area contributed by atoms with Crippen molar-refractivity contribution in [3.63, 3.8) is 0 Å². The minimum atomic E-state index is -0.196. The fourth-order valence-electron chi connectivity index (χ4n) is 2.10. The largest absolute Gasteiger partial charge is 0.466 e. The second-order valence-corrected chi connectivity index (χ2v) is 4.75. The average Bonchev–Trinajstić information content (AvgIpc) is 2.78. The molecule has 0 bridgehead atoms. The molecule has 0 fully saturated rings. The van der Waals surface area contributed by atoms with E-state index in [2.05, 4.69) is 15.6 Å². The number of nitrogens with zero attached hydrogens (tertiary/aromatic N) is 1. The van der Waals surface area contributed by atoms with Crippen LogP contribution in [0.15, 0.2) is 28.8 Å². The van der Waals surface area contributed by atoms with E-state index in [1.165, 1.54) is 0 Å². The van der Waals surface area contributed by atoms with Gasteiger partial charge >= 0.3 is 0 Å². The van der Waals surface area contributed by atoms with E-state index >= 15 is 0 Å². The van der Waals surface area contributed by atoms with Crippen molar-refractivity contribution in [1.82, 2.24) is 10.3 Å². The van der Waals surface area contributed by atoms with Gasteiger partial charge in [0.1, 0.15) is 17.2 Å². The van der Waals surface area contributed by atoms with Crippen LogP contribution in [0.3, 0.4) is 0 Å². The molecule has 2 heterocycles. The third-order valence-electron chi connectivity index (χ3n) is 3.18. The van der Waals surface area contributed by atoms with Gasteiger partial charge in [-0.15, -0.1) is 0 Å². The first kappa shape index (κ1) is 14.1. The zero-order valence-corrected chi connectivity index (χ0v) is 12.2. The fraction of sp³-hybridized carbons (Fsp3) is 0.333. The number of carbonyl (C=O) groups is 1. The summed E-state index contributed by atoms with van der Waals surface area (Å²) in [5.41, 5.74) is 2.26. The molecule has 0 saturated carbocycles. The van der Waals surface area contributed by atoms with E-state index in [4.69, 9.17) is 4.42 Å². The Hall–Kier alpha value is -2.30. The lowest BCUT2D eigenvalue weighted by atomic mass is 10.1. The van der Waals surface area contributed by atoms with Crippen molar-refractivity contribution in [2.75, 3.05) is 12.4 Å². The van der Waals surface area contributed by atoms with Crippen LogP contribution in [0.1, 0.15) is 40.5 Å². The van der Waals surface area contributed by atoms with Crippen LogP contribution in [0, 0.1) is 13.8 Å². The van der Waals surface area contributed by atoms with Gasteiger partial charge in [0.15, 0.2) is 0 Å². The smallest absolute Gasteiger partial charge is 0.270 e. The molecular weight excluding hydrogens is 254 g/mol. The molecule has 2 rings (SSSR count). The molecule has 5 nitrogen and oxygen atoms in total. The first-order valence-corrected chi connectivity index (χ1v) is 6.53. The van der Waals surface area contributed by atoms with Crippen molar-refractivity contribution >= 4 is 11.6 Å². The van der Waals surface area contributed by atoms with Gasteiger partial charge in [0.05, 0.1) is 17.9 Å². The third kappa shape index (κ3) is 2.99. The number of nitrogens with one attached hydrogen (secondary N) is 2. The van der Waals surface area contributed by atoms with Crippen LogP contribution >= 0.6 is 0 Å². The monoisotopic (exact) mass is 273 g/mol. The summed E-state index contributed by atoms with van der Waals surface area (Å²) in [6.45, 7) is 5.71. The van der Waals surface area contributed by atoms with E-state index < -0.39 is 0 Å². The molecule has 1 unspecified atom stereocenters. The quantitative estimate of drug-likeness (QED) is 0.899. The minimum Gasteiger partial charge on any atom is -0.466 e. The van der Waals surface area contributed by atoms with E-state index in [1.807, 2.05) is 40.0 Å². The van der Waals surface area contributed by atoms with Crippen LogP contribution in [0.4, 0.5) is 5.69 Å². The van der Waals surface area contributed by atoms with E-state index in [9.17, 15) is 4.79 Å². The third-order valence-corrected chi connectivity index (χ3v) is 3.18. The Morgan fingerprint density at radius 1 is 1.35 bits per heavy atom. The summed E-state index contributed by atoms with van der Waals surface area (Å²) in [6.07, 6.45) is 1.63. The maximum atomic E-state index is 12.1. The van der Waals surface area contributed by atoms with Gasteiger partial charge in [-0.3, -0.25) is 4.79 Å². The van der Waals surface area contributed by atoms with E-state index in [-0.39, 0.29) is 11.9 Å². The predicted octanol–water partition coefficient (Wildman–Crippen LogP) is 2.82. The first-order valence-electron chi connectivity index (χ1n) is 6.53. The van der Waals surface area contributed by atoms with Crippen LogP contribution in [0.5, 0.6) is 0 Å². The fourth-order valence-corrected chi connectivity index (χ4v) is 2.10. The molecule has 0 aliphatic rings.